The zero-order valence-corrected chi connectivity index (χ0v) is 12.6. The second kappa shape index (κ2) is 5.62. The Hall–Kier alpha value is -3.47. The fourth-order valence-electron chi connectivity index (χ4n) is 2.74. The van der Waals surface area contributed by atoms with Gasteiger partial charge in [-0.25, -0.2) is 0 Å². The zero-order chi connectivity index (χ0) is 16.5. The molecule has 0 saturated heterocycles. The number of pyridine rings is 1. The molecule has 0 bridgehead atoms. The largest absolute Gasteiger partial charge is 0.361 e. The number of hydrogen-bond acceptors (Lipinski definition) is 4. The van der Waals surface area contributed by atoms with Crippen molar-refractivity contribution in [3.8, 4) is 0 Å². The van der Waals surface area contributed by atoms with Crippen LogP contribution >= 0.6 is 0 Å². The van der Waals surface area contributed by atoms with Gasteiger partial charge in [0.05, 0.1) is 11.1 Å². The Morgan fingerprint density at radius 3 is 2.62 bits per heavy atom. The summed E-state index contributed by atoms with van der Waals surface area (Å²) in [5.74, 6) is -0.779. The quantitative estimate of drug-likeness (QED) is 0.563. The maximum Gasteiger partial charge on any atom is 0.260 e. The molecule has 1 aliphatic rings. The van der Waals surface area contributed by atoms with Crippen LogP contribution in [0.3, 0.4) is 0 Å². The van der Waals surface area contributed by atoms with Gasteiger partial charge in [-0.05, 0) is 30.3 Å². The number of amides is 2. The molecular weight excluding hydrogens is 302 g/mol. The third-order valence-electron chi connectivity index (χ3n) is 3.92. The van der Waals surface area contributed by atoms with Crippen LogP contribution in [0.5, 0.6) is 0 Å². The van der Waals surface area contributed by atoms with E-state index in [9.17, 15) is 9.59 Å². The van der Waals surface area contributed by atoms with Gasteiger partial charge in [0.25, 0.3) is 11.8 Å². The number of fused-ring (bicyclic) bond motifs is 2. The lowest BCUT2D eigenvalue weighted by molar-refractivity contribution is -0.114. The van der Waals surface area contributed by atoms with Gasteiger partial charge in [0.2, 0.25) is 0 Å². The molecule has 3 aromatic rings. The molecule has 1 aromatic heterocycles. The number of benzene rings is 2. The molecule has 5 heteroatoms. The second-order valence-electron chi connectivity index (χ2n) is 5.44. The van der Waals surface area contributed by atoms with E-state index in [1.165, 1.54) is 0 Å². The number of nitrogens with zero attached hydrogens (tertiary/aromatic N) is 1. The minimum absolute atomic E-state index is 0.371. The number of aromatic nitrogens is 1. The van der Waals surface area contributed by atoms with Crippen LogP contribution in [-0.4, -0.2) is 16.8 Å². The number of nitrogens with one attached hydrogen (secondary N) is 2. The van der Waals surface area contributed by atoms with Gasteiger partial charge in [0.15, 0.2) is 0 Å². The molecule has 1 aliphatic heterocycles. The van der Waals surface area contributed by atoms with Gasteiger partial charge in [-0.2, -0.15) is 0 Å². The predicted octanol–water partition coefficient (Wildman–Crippen LogP) is 2.96. The van der Waals surface area contributed by atoms with Crippen molar-refractivity contribution in [2.45, 2.75) is 0 Å². The summed E-state index contributed by atoms with van der Waals surface area (Å²) in [6, 6.07) is 16.7. The van der Waals surface area contributed by atoms with Crippen LogP contribution in [0, 0.1) is 0 Å². The predicted molar refractivity (Wildman–Crippen MR) is 92.3 cm³/mol. The highest BCUT2D eigenvalue weighted by molar-refractivity contribution is 6.31. The maximum absolute atomic E-state index is 12.2. The van der Waals surface area contributed by atoms with Gasteiger partial charge in [-0.3, -0.25) is 19.9 Å². The van der Waals surface area contributed by atoms with Crippen molar-refractivity contribution in [3.63, 3.8) is 0 Å². The molecule has 116 valence electrons. The standard InChI is InChI=1S/C19H13N3O2/c23-18-15-6-2-1-5-14(15)16(19(24)22-18)11-21-13-7-8-17-12(10-13)4-3-9-20-17/h1-11,21H,(H,22,23,24). The fraction of sp³-hybridized carbons (Fsp3) is 0. The highest BCUT2D eigenvalue weighted by Gasteiger charge is 2.26. The van der Waals surface area contributed by atoms with E-state index in [1.54, 1.807) is 36.7 Å². The molecule has 0 spiro atoms. The molecule has 2 N–H and O–H groups in total. The van der Waals surface area contributed by atoms with Crippen molar-refractivity contribution >= 4 is 34.0 Å². The Bertz CT molecular complexity index is 1010. The number of rotatable bonds is 2. The van der Waals surface area contributed by atoms with E-state index in [0.717, 1.165) is 16.6 Å². The average Bonchev–Trinajstić information content (AvgIpc) is 2.61. The third kappa shape index (κ3) is 2.42. The van der Waals surface area contributed by atoms with E-state index in [2.05, 4.69) is 15.6 Å². The molecule has 4 rings (SSSR count). The molecule has 0 atom stereocenters. The number of carbonyl (C=O) groups is 2. The van der Waals surface area contributed by atoms with Crippen LogP contribution in [0.4, 0.5) is 5.69 Å². The molecule has 24 heavy (non-hydrogen) atoms. The Labute approximate surface area is 138 Å². The molecule has 0 saturated carbocycles. The van der Waals surface area contributed by atoms with Crippen LogP contribution in [-0.2, 0) is 4.79 Å². The van der Waals surface area contributed by atoms with Crippen molar-refractivity contribution in [2.75, 3.05) is 5.32 Å². The summed E-state index contributed by atoms with van der Waals surface area (Å²) in [6.45, 7) is 0. The highest BCUT2D eigenvalue weighted by Crippen LogP contribution is 2.24. The summed E-state index contributed by atoms with van der Waals surface area (Å²) in [5.41, 5.74) is 3.29. The lowest BCUT2D eigenvalue weighted by atomic mass is 9.96. The Morgan fingerprint density at radius 1 is 0.917 bits per heavy atom. The van der Waals surface area contributed by atoms with Crippen molar-refractivity contribution in [1.82, 2.24) is 10.3 Å². The third-order valence-corrected chi connectivity index (χ3v) is 3.92. The Balaban J connectivity index is 1.71. The smallest absolute Gasteiger partial charge is 0.260 e. The summed E-state index contributed by atoms with van der Waals surface area (Å²) < 4.78 is 0. The van der Waals surface area contributed by atoms with Crippen LogP contribution in [0.25, 0.3) is 16.5 Å². The number of carbonyl (C=O) groups excluding carboxylic acids is 2. The van der Waals surface area contributed by atoms with Crippen LogP contribution in [0.2, 0.25) is 0 Å². The minimum atomic E-state index is -0.409. The molecule has 2 amide bonds. The molecule has 5 nitrogen and oxygen atoms in total. The summed E-state index contributed by atoms with van der Waals surface area (Å²) in [7, 11) is 0. The first kappa shape index (κ1) is 14.1. The average molecular weight is 315 g/mol. The van der Waals surface area contributed by atoms with E-state index in [-0.39, 0.29) is 5.91 Å². The lowest BCUT2D eigenvalue weighted by Gasteiger charge is -2.18. The van der Waals surface area contributed by atoms with Crippen LogP contribution in [0.1, 0.15) is 15.9 Å². The van der Waals surface area contributed by atoms with Gasteiger partial charge >= 0.3 is 0 Å². The van der Waals surface area contributed by atoms with Crippen molar-refractivity contribution in [2.24, 2.45) is 0 Å². The van der Waals surface area contributed by atoms with Gasteiger partial charge < -0.3 is 5.32 Å². The summed E-state index contributed by atoms with van der Waals surface area (Å²) in [4.78, 5) is 28.3. The minimum Gasteiger partial charge on any atom is -0.361 e. The summed E-state index contributed by atoms with van der Waals surface area (Å²) in [5, 5.41) is 6.49. The lowest BCUT2D eigenvalue weighted by Crippen LogP contribution is -2.36. The second-order valence-corrected chi connectivity index (χ2v) is 5.44. The zero-order valence-electron chi connectivity index (χ0n) is 12.6. The van der Waals surface area contributed by atoms with Crippen molar-refractivity contribution in [1.29, 1.82) is 0 Å². The highest BCUT2D eigenvalue weighted by atomic mass is 16.2. The molecule has 0 unspecified atom stereocenters. The molecule has 0 fully saturated rings. The van der Waals surface area contributed by atoms with Crippen molar-refractivity contribution in [3.05, 3.63) is 78.1 Å². The number of anilines is 1. The van der Waals surface area contributed by atoms with E-state index >= 15 is 0 Å². The number of imide groups is 1. The van der Waals surface area contributed by atoms with Crippen LogP contribution < -0.4 is 10.6 Å². The van der Waals surface area contributed by atoms with Gasteiger partial charge in [-0.1, -0.05) is 24.3 Å². The maximum atomic E-state index is 12.2. The first-order valence-electron chi connectivity index (χ1n) is 7.49. The first-order chi connectivity index (χ1) is 11.7. The summed E-state index contributed by atoms with van der Waals surface area (Å²) in [6.07, 6.45) is 3.37. The first-order valence-corrected chi connectivity index (χ1v) is 7.49. The fourth-order valence-corrected chi connectivity index (χ4v) is 2.74. The molecule has 2 heterocycles. The molecule has 0 radical (unpaired) electrons. The van der Waals surface area contributed by atoms with Gasteiger partial charge in [-0.15, -0.1) is 0 Å². The van der Waals surface area contributed by atoms with Gasteiger partial charge in [0, 0.05) is 34.6 Å². The Kier molecular flexibility index (Phi) is 3.31. The number of hydrogen-bond donors (Lipinski definition) is 2. The molecular formula is C19H13N3O2. The van der Waals surface area contributed by atoms with E-state index in [1.807, 2.05) is 30.3 Å². The molecule has 2 aromatic carbocycles. The van der Waals surface area contributed by atoms with Gasteiger partial charge in [0.1, 0.15) is 0 Å². The van der Waals surface area contributed by atoms with E-state index in [4.69, 9.17) is 0 Å². The van der Waals surface area contributed by atoms with E-state index in [0.29, 0.717) is 16.7 Å². The molecule has 0 aliphatic carbocycles. The monoisotopic (exact) mass is 315 g/mol. The van der Waals surface area contributed by atoms with Crippen LogP contribution in [0.15, 0.2) is 67.0 Å². The Morgan fingerprint density at radius 2 is 1.75 bits per heavy atom. The summed E-state index contributed by atoms with van der Waals surface area (Å²) >= 11 is 0. The van der Waals surface area contributed by atoms with E-state index < -0.39 is 5.91 Å². The van der Waals surface area contributed by atoms with Crippen molar-refractivity contribution < 1.29 is 9.59 Å². The topological polar surface area (TPSA) is 71.1 Å². The normalized spacial score (nSPS) is 15.2. The SMILES string of the molecule is O=C1NC(=O)c2ccccc2C1=CNc1ccc2ncccc2c1.